The van der Waals surface area contributed by atoms with Gasteiger partial charge in [-0.15, -0.1) is 13.2 Å². The van der Waals surface area contributed by atoms with Gasteiger partial charge in [0, 0.05) is 19.5 Å². The van der Waals surface area contributed by atoms with Crippen molar-refractivity contribution in [1.29, 1.82) is 0 Å². The summed E-state index contributed by atoms with van der Waals surface area (Å²) in [7, 11) is 0. The Bertz CT molecular complexity index is 801. The number of amides is 1. The van der Waals surface area contributed by atoms with E-state index in [4.69, 9.17) is 4.74 Å². The van der Waals surface area contributed by atoms with Gasteiger partial charge in [0.2, 0.25) is 0 Å². The number of hydrogen-bond acceptors (Lipinski definition) is 4. The van der Waals surface area contributed by atoms with Crippen LogP contribution >= 0.6 is 0 Å². The highest BCUT2D eigenvalue weighted by Crippen LogP contribution is 2.28. The van der Waals surface area contributed by atoms with Gasteiger partial charge < -0.3 is 19.5 Å². The van der Waals surface area contributed by atoms with Gasteiger partial charge in [-0.05, 0) is 36.1 Å². The van der Waals surface area contributed by atoms with Crippen LogP contribution < -0.4 is 4.74 Å². The van der Waals surface area contributed by atoms with E-state index in [-0.39, 0.29) is 18.8 Å². The fourth-order valence-electron chi connectivity index (χ4n) is 3.28. The van der Waals surface area contributed by atoms with Crippen molar-refractivity contribution in [2.24, 2.45) is 0 Å². The fraction of sp³-hybridized carbons (Fsp3) is 0.381. The number of likely N-dealkylation sites (tertiary alicyclic amines) is 1. The molecule has 0 aliphatic carbocycles. The minimum absolute atomic E-state index is 0.187. The Balaban J connectivity index is 1.48. The summed E-state index contributed by atoms with van der Waals surface area (Å²) in [5.41, 5.74) is 0.567. The van der Waals surface area contributed by atoms with E-state index in [9.17, 15) is 23.1 Å². The van der Waals surface area contributed by atoms with E-state index in [0.29, 0.717) is 31.5 Å². The molecule has 1 saturated heterocycles. The van der Waals surface area contributed by atoms with Gasteiger partial charge in [0.15, 0.2) is 0 Å². The van der Waals surface area contributed by atoms with Crippen molar-refractivity contribution in [3.63, 3.8) is 0 Å². The van der Waals surface area contributed by atoms with Crippen LogP contribution in [-0.2, 0) is 17.8 Å². The third-order valence-electron chi connectivity index (χ3n) is 4.85. The summed E-state index contributed by atoms with van der Waals surface area (Å²) in [5, 5.41) is 10.8. The van der Waals surface area contributed by atoms with Gasteiger partial charge in [-0.1, -0.05) is 42.5 Å². The number of carbonyl (C=O) groups is 1. The predicted molar refractivity (Wildman–Crippen MR) is 99.2 cm³/mol. The molecule has 0 atom stereocenters. The van der Waals surface area contributed by atoms with Gasteiger partial charge in [0.1, 0.15) is 12.4 Å². The number of piperidine rings is 1. The van der Waals surface area contributed by atoms with Gasteiger partial charge in [0.25, 0.3) is 0 Å². The lowest BCUT2D eigenvalue weighted by Gasteiger charge is -2.37. The van der Waals surface area contributed by atoms with Crippen LogP contribution in [0.3, 0.4) is 0 Å². The molecule has 1 aliphatic heterocycles. The van der Waals surface area contributed by atoms with Crippen molar-refractivity contribution in [2.45, 2.75) is 37.8 Å². The summed E-state index contributed by atoms with van der Waals surface area (Å²) in [5.74, 6) is -0.302. The molecule has 29 heavy (non-hydrogen) atoms. The van der Waals surface area contributed by atoms with Crippen LogP contribution in [0.1, 0.15) is 24.0 Å². The van der Waals surface area contributed by atoms with Gasteiger partial charge in [0.05, 0.1) is 5.60 Å². The van der Waals surface area contributed by atoms with Crippen molar-refractivity contribution in [3.05, 3.63) is 65.7 Å². The third-order valence-corrected chi connectivity index (χ3v) is 4.85. The maximum atomic E-state index is 12.2. The van der Waals surface area contributed by atoms with Crippen molar-refractivity contribution >= 4 is 6.09 Å². The second kappa shape index (κ2) is 8.73. The van der Waals surface area contributed by atoms with Crippen molar-refractivity contribution in [3.8, 4) is 5.75 Å². The number of alkyl halides is 3. The minimum atomic E-state index is -4.73. The average Bonchev–Trinajstić information content (AvgIpc) is 2.68. The van der Waals surface area contributed by atoms with Crippen molar-refractivity contribution in [2.75, 3.05) is 13.1 Å². The summed E-state index contributed by atoms with van der Waals surface area (Å²) in [6.45, 7) is 0.881. The molecular formula is C21H22F3NO4. The molecule has 1 N–H and O–H groups in total. The number of rotatable bonds is 5. The number of carbonyl (C=O) groups excluding carboxylic acids is 1. The zero-order valence-corrected chi connectivity index (χ0v) is 15.7. The summed E-state index contributed by atoms with van der Waals surface area (Å²) >= 11 is 0. The Morgan fingerprint density at radius 1 is 1.00 bits per heavy atom. The van der Waals surface area contributed by atoms with Gasteiger partial charge in [-0.3, -0.25) is 0 Å². The fourth-order valence-corrected chi connectivity index (χ4v) is 3.28. The normalized spacial score (nSPS) is 16.3. The van der Waals surface area contributed by atoms with Crippen LogP contribution in [0.25, 0.3) is 0 Å². The maximum absolute atomic E-state index is 12.2. The summed E-state index contributed by atoms with van der Waals surface area (Å²) < 4.78 is 45.8. The highest BCUT2D eigenvalue weighted by Gasteiger charge is 2.35. The molecule has 0 unspecified atom stereocenters. The van der Waals surface area contributed by atoms with Crippen LogP contribution in [-0.4, -0.2) is 41.2 Å². The summed E-state index contributed by atoms with van der Waals surface area (Å²) in [4.78, 5) is 13.8. The number of nitrogens with zero attached hydrogens (tertiary/aromatic N) is 1. The molecule has 8 heteroatoms. The molecule has 0 saturated carbocycles. The van der Waals surface area contributed by atoms with Gasteiger partial charge >= 0.3 is 12.5 Å². The molecule has 0 spiro atoms. The number of aliphatic hydroxyl groups is 1. The van der Waals surface area contributed by atoms with Crippen molar-refractivity contribution < 1.29 is 32.5 Å². The first-order valence-electron chi connectivity index (χ1n) is 9.25. The zero-order chi connectivity index (χ0) is 20.9. The Labute approximate surface area is 166 Å². The standard InChI is InChI=1S/C21H22F3NO4/c22-21(23,24)29-18-8-6-16(7-9-18)14-20(27)10-12-25(13-11-20)19(26)28-15-17-4-2-1-3-5-17/h1-9,27H,10-15H2. The molecule has 1 amide bonds. The molecule has 2 aromatic carbocycles. The van der Waals surface area contributed by atoms with E-state index in [1.807, 2.05) is 30.3 Å². The zero-order valence-electron chi connectivity index (χ0n) is 15.7. The molecular weight excluding hydrogens is 387 g/mol. The largest absolute Gasteiger partial charge is 0.573 e. The number of benzene rings is 2. The highest BCUT2D eigenvalue weighted by atomic mass is 19.4. The van der Waals surface area contributed by atoms with E-state index in [0.717, 1.165) is 5.56 Å². The molecule has 156 valence electrons. The third kappa shape index (κ3) is 6.39. The van der Waals surface area contributed by atoms with E-state index < -0.39 is 18.1 Å². The van der Waals surface area contributed by atoms with Gasteiger partial charge in [-0.25, -0.2) is 4.79 Å². The molecule has 5 nitrogen and oxygen atoms in total. The molecule has 1 fully saturated rings. The van der Waals surface area contributed by atoms with Crippen LogP contribution in [0.15, 0.2) is 54.6 Å². The molecule has 0 aromatic heterocycles. The highest BCUT2D eigenvalue weighted by molar-refractivity contribution is 5.67. The first kappa shape index (κ1) is 21.0. The topological polar surface area (TPSA) is 59.0 Å². The minimum Gasteiger partial charge on any atom is -0.445 e. The van der Waals surface area contributed by atoms with E-state index >= 15 is 0 Å². The SMILES string of the molecule is O=C(OCc1ccccc1)N1CCC(O)(Cc2ccc(OC(F)(F)F)cc2)CC1. The lowest BCUT2D eigenvalue weighted by molar-refractivity contribution is -0.274. The maximum Gasteiger partial charge on any atom is 0.573 e. The Morgan fingerprint density at radius 3 is 2.21 bits per heavy atom. The average molecular weight is 409 g/mol. The summed E-state index contributed by atoms with van der Waals surface area (Å²) in [6, 6.07) is 14.8. The number of halogens is 3. The lowest BCUT2D eigenvalue weighted by atomic mass is 9.85. The Morgan fingerprint density at radius 2 is 1.62 bits per heavy atom. The van der Waals surface area contributed by atoms with E-state index in [2.05, 4.69) is 4.74 Å². The molecule has 0 radical (unpaired) electrons. The lowest BCUT2D eigenvalue weighted by Crippen LogP contribution is -2.47. The van der Waals surface area contributed by atoms with E-state index in [1.165, 1.54) is 24.3 Å². The second-order valence-electron chi connectivity index (χ2n) is 7.12. The number of hydrogen-bond donors (Lipinski definition) is 1. The first-order chi connectivity index (χ1) is 13.7. The predicted octanol–water partition coefficient (Wildman–Crippen LogP) is 4.29. The van der Waals surface area contributed by atoms with Crippen LogP contribution in [0.2, 0.25) is 0 Å². The van der Waals surface area contributed by atoms with Gasteiger partial charge in [-0.2, -0.15) is 0 Å². The molecule has 1 heterocycles. The molecule has 2 aromatic rings. The quantitative estimate of drug-likeness (QED) is 0.800. The number of ether oxygens (including phenoxy) is 2. The van der Waals surface area contributed by atoms with E-state index in [1.54, 1.807) is 4.90 Å². The summed E-state index contributed by atoms with van der Waals surface area (Å²) in [6.07, 6.45) is -4.17. The Kier molecular flexibility index (Phi) is 6.32. The molecule has 1 aliphatic rings. The monoisotopic (exact) mass is 409 g/mol. The smallest absolute Gasteiger partial charge is 0.445 e. The van der Waals surface area contributed by atoms with Crippen LogP contribution in [0, 0.1) is 0 Å². The molecule has 3 rings (SSSR count). The van der Waals surface area contributed by atoms with Crippen molar-refractivity contribution in [1.82, 2.24) is 4.90 Å². The van der Waals surface area contributed by atoms with Crippen LogP contribution in [0.4, 0.5) is 18.0 Å². The molecule has 0 bridgehead atoms. The second-order valence-corrected chi connectivity index (χ2v) is 7.12. The van der Waals surface area contributed by atoms with Crippen LogP contribution in [0.5, 0.6) is 5.75 Å². The first-order valence-corrected chi connectivity index (χ1v) is 9.25. The Hall–Kier alpha value is -2.74.